The number of aliphatic carboxylic acids is 1. The number of rotatable bonds is 12. The van der Waals surface area contributed by atoms with Gasteiger partial charge in [0.05, 0.1) is 12.2 Å². The molecule has 0 amide bonds. The number of carbonyl (C=O) groups is 2. The van der Waals surface area contributed by atoms with Gasteiger partial charge >= 0.3 is 5.97 Å². The van der Waals surface area contributed by atoms with Gasteiger partial charge in [-0.05, 0) is 50.2 Å². The van der Waals surface area contributed by atoms with Crippen LogP contribution in [0, 0.1) is 11.8 Å². The van der Waals surface area contributed by atoms with Crippen molar-refractivity contribution in [3.63, 3.8) is 0 Å². The maximum absolute atomic E-state index is 12.2. The Morgan fingerprint density at radius 3 is 2.71 bits per heavy atom. The minimum absolute atomic E-state index is 0.0490. The Kier molecular flexibility index (Phi) is 9.17. The van der Waals surface area contributed by atoms with Crippen molar-refractivity contribution in [3.8, 4) is 5.75 Å². The SMILES string of the molecule is O=C(O)CCC/C=C\C[C@H]1[C@@H](O)CC(=O)[C@@H]1CC[C@H](O)COc1ccccc1. The van der Waals surface area contributed by atoms with Crippen molar-refractivity contribution in [1.29, 1.82) is 0 Å². The average molecular weight is 390 g/mol. The summed E-state index contributed by atoms with van der Waals surface area (Å²) in [6.45, 7) is 0.168. The lowest BCUT2D eigenvalue weighted by Crippen LogP contribution is -2.24. The number of hydrogen-bond donors (Lipinski definition) is 3. The fourth-order valence-electron chi connectivity index (χ4n) is 3.62. The normalized spacial score (nSPS) is 23.2. The topological polar surface area (TPSA) is 104 Å². The Hall–Kier alpha value is -2.18. The molecule has 6 nitrogen and oxygen atoms in total. The van der Waals surface area contributed by atoms with Crippen LogP contribution in [0.2, 0.25) is 0 Å². The summed E-state index contributed by atoms with van der Waals surface area (Å²) in [4.78, 5) is 22.7. The van der Waals surface area contributed by atoms with Crippen LogP contribution in [0.4, 0.5) is 0 Å². The Balaban J connectivity index is 1.75. The molecule has 0 aromatic heterocycles. The number of Topliss-reactive ketones (excluding diaryl/α,β-unsaturated/α-hetero) is 1. The van der Waals surface area contributed by atoms with E-state index in [0.29, 0.717) is 37.9 Å². The van der Waals surface area contributed by atoms with E-state index < -0.39 is 18.2 Å². The zero-order valence-electron chi connectivity index (χ0n) is 16.1. The molecule has 0 aliphatic heterocycles. The van der Waals surface area contributed by atoms with Crippen molar-refractivity contribution in [2.75, 3.05) is 6.61 Å². The molecule has 0 unspecified atom stereocenters. The molecule has 154 valence electrons. The standard InChI is InChI=1S/C22H30O6/c23-16(15-28-17-8-4-3-5-9-17)12-13-19-18(20(24)14-21(19)25)10-6-1-2-7-11-22(26)27/h1,3-6,8-9,16,18-20,23-24H,2,7,10-15H2,(H,26,27)/b6-1-/t16-,18+,19+,20-/m0/s1. The van der Waals surface area contributed by atoms with Gasteiger partial charge < -0.3 is 20.1 Å². The van der Waals surface area contributed by atoms with Crippen LogP contribution in [0.25, 0.3) is 0 Å². The lowest BCUT2D eigenvalue weighted by molar-refractivity contribution is -0.137. The summed E-state index contributed by atoms with van der Waals surface area (Å²) in [7, 11) is 0. The third-order valence-electron chi connectivity index (χ3n) is 5.17. The molecule has 0 bridgehead atoms. The highest BCUT2D eigenvalue weighted by Crippen LogP contribution is 2.35. The van der Waals surface area contributed by atoms with Crippen molar-refractivity contribution in [3.05, 3.63) is 42.5 Å². The number of ether oxygens (including phenoxy) is 1. The molecule has 0 spiro atoms. The van der Waals surface area contributed by atoms with Gasteiger partial charge in [-0.2, -0.15) is 0 Å². The van der Waals surface area contributed by atoms with Gasteiger partial charge in [0, 0.05) is 18.8 Å². The van der Waals surface area contributed by atoms with Gasteiger partial charge in [0.15, 0.2) is 0 Å². The molecule has 6 heteroatoms. The summed E-state index contributed by atoms with van der Waals surface area (Å²) >= 11 is 0. The molecule has 28 heavy (non-hydrogen) atoms. The number of ketones is 1. The Morgan fingerprint density at radius 1 is 1.25 bits per heavy atom. The van der Waals surface area contributed by atoms with Crippen molar-refractivity contribution < 1.29 is 29.6 Å². The number of aliphatic hydroxyl groups excluding tert-OH is 2. The van der Waals surface area contributed by atoms with E-state index in [4.69, 9.17) is 9.84 Å². The highest BCUT2D eigenvalue weighted by molar-refractivity contribution is 5.84. The minimum atomic E-state index is -0.805. The molecule has 3 N–H and O–H groups in total. The van der Waals surface area contributed by atoms with E-state index >= 15 is 0 Å². The van der Waals surface area contributed by atoms with Crippen LogP contribution >= 0.6 is 0 Å². The van der Waals surface area contributed by atoms with E-state index in [-0.39, 0.29) is 37.1 Å². The maximum atomic E-state index is 12.2. The Morgan fingerprint density at radius 2 is 2.00 bits per heavy atom. The van der Waals surface area contributed by atoms with E-state index in [1.165, 1.54) is 0 Å². The minimum Gasteiger partial charge on any atom is -0.491 e. The van der Waals surface area contributed by atoms with Gasteiger partial charge in [0.2, 0.25) is 0 Å². The first-order valence-corrected chi connectivity index (χ1v) is 9.91. The number of hydrogen-bond acceptors (Lipinski definition) is 5. The second-order valence-corrected chi connectivity index (χ2v) is 7.36. The highest BCUT2D eigenvalue weighted by Gasteiger charge is 2.40. The summed E-state index contributed by atoms with van der Waals surface area (Å²) < 4.78 is 5.54. The van der Waals surface area contributed by atoms with E-state index in [1.807, 2.05) is 42.5 Å². The van der Waals surface area contributed by atoms with Crippen molar-refractivity contribution in [1.82, 2.24) is 0 Å². The lowest BCUT2D eigenvalue weighted by atomic mass is 9.86. The number of carboxylic acids is 1. The van der Waals surface area contributed by atoms with Gasteiger partial charge in [0.25, 0.3) is 0 Å². The van der Waals surface area contributed by atoms with Crippen LogP contribution in [-0.2, 0) is 9.59 Å². The predicted octanol–water partition coefficient (Wildman–Crippen LogP) is 2.97. The quantitative estimate of drug-likeness (QED) is 0.374. The first-order valence-electron chi connectivity index (χ1n) is 9.91. The number of carbonyl (C=O) groups excluding carboxylic acids is 1. The Bertz CT molecular complexity index is 642. The maximum Gasteiger partial charge on any atom is 0.303 e. The Labute approximate surface area is 165 Å². The zero-order chi connectivity index (χ0) is 20.4. The van der Waals surface area contributed by atoms with Gasteiger partial charge in [-0.3, -0.25) is 9.59 Å². The highest BCUT2D eigenvalue weighted by atomic mass is 16.5. The van der Waals surface area contributed by atoms with Crippen molar-refractivity contribution >= 4 is 11.8 Å². The number of para-hydroxylation sites is 1. The molecule has 4 atom stereocenters. The fourth-order valence-corrected chi connectivity index (χ4v) is 3.62. The summed E-state index contributed by atoms with van der Waals surface area (Å²) in [6.07, 6.45) is 5.62. The van der Waals surface area contributed by atoms with Crippen LogP contribution in [0.5, 0.6) is 5.75 Å². The largest absolute Gasteiger partial charge is 0.491 e. The van der Waals surface area contributed by atoms with E-state index in [9.17, 15) is 19.8 Å². The first-order chi connectivity index (χ1) is 13.5. The third-order valence-corrected chi connectivity index (χ3v) is 5.17. The van der Waals surface area contributed by atoms with Crippen LogP contribution in [0.3, 0.4) is 0 Å². The monoisotopic (exact) mass is 390 g/mol. The molecule has 0 saturated heterocycles. The van der Waals surface area contributed by atoms with Gasteiger partial charge in [-0.15, -0.1) is 0 Å². The smallest absolute Gasteiger partial charge is 0.303 e. The lowest BCUT2D eigenvalue weighted by Gasteiger charge is -2.21. The number of benzene rings is 1. The molecule has 2 rings (SSSR count). The fraction of sp³-hybridized carbons (Fsp3) is 0.545. The molecule has 1 aliphatic rings. The predicted molar refractivity (Wildman–Crippen MR) is 105 cm³/mol. The van der Waals surface area contributed by atoms with Crippen molar-refractivity contribution in [2.45, 2.75) is 57.2 Å². The molecule has 1 saturated carbocycles. The number of unbranched alkanes of at least 4 members (excludes halogenated alkanes) is 1. The first kappa shape index (κ1) is 22.1. The van der Waals surface area contributed by atoms with Gasteiger partial charge in [-0.25, -0.2) is 0 Å². The number of aliphatic hydroxyl groups is 2. The second-order valence-electron chi connectivity index (χ2n) is 7.36. The molecule has 1 fully saturated rings. The molecular formula is C22H30O6. The van der Waals surface area contributed by atoms with Gasteiger partial charge in [0.1, 0.15) is 18.1 Å². The summed E-state index contributed by atoms with van der Waals surface area (Å²) in [5.74, 6) is -0.469. The summed E-state index contributed by atoms with van der Waals surface area (Å²) in [5, 5.41) is 29.0. The summed E-state index contributed by atoms with van der Waals surface area (Å²) in [5.41, 5.74) is 0. The van der Waals surface area contributed by atoms with Crippen LogP contribution < -0.4 is 4.74 Å². The van der Waals surface area contributed by atoms with Crippen LogP contribution in [-0.4, -0.2) is 45.9 Å². The van der Waals surface area contributed by atoms with E-state index in [1.54, 1.807) is 0 Å². The number of allylic oxidation sites excluding steroid dienone is 2. The molecule has 0 heterocycles. The molecular weight excluding hydrogens is 360 g/mol. The van der Waals surface area contributed by atoms with E-state index in [2.05, 4.69) is 0 Å². The molecule has 1 aromatic rings. The summed E-state index contributed by atoms with van der Waals surface area (Å²) in [6, 6.07) is 9.26. The number of carboxylic acid groups (broad SMARTS) is 1. The zero-order valence-corrected chi connectivity index (χ0v) is 16.1. The second kappa shape index (κ2) is 11.6. The van der Waals surface area contributed by atoms with Crippen LogP contribution in [0.15, 0.2) is 42.5 Å². The average Bonchev–Trinajstić information content (AvgIpc) is 2.94. The van der Waals surface area contributed by atoms with E-state index in [0.717, 1.165) is 0 Å². The van der Waals surface area contributed by atoms with Crippen molar-refractivity contribution in [2.24, 2.45) is 11.8 Å². The molecule has 1 aromatic carbocycles. The van der Waals surface area contributed by atoms with Crippen LogP contribution in [0.1, 0.15) is 44.9 Å². The molecule has 0 radical (unpaired) electrons. The molecule has 1 aliphatic carbocycles. The third kappa shape index (κ3) is 7.44. The van der Waals surface area contributed by atoms with Gasteiger partial charge in [-0.1, -0.05) is 30.4 Å².